The van der Waals surface area contributed by atoms with Gasteiger partial charge in [-0.3, -0.25) is 0 Å². The van der Waals surface area contributed by atoms with E-state index in [2.05, 4.69) is 168 Å². The molecule has 2 aromatic heterocycles. The third-order valence-corrected chi connectivity index (χ3v) is 9.45. The number of hydrogen-bond donors (Lipinski definition) is 0. The minimum absolute atomic E-state index is 0.622. The summed E-state index contributed by atoms with van der Waals surface area (Å²) in [5.41, 5.74) is 15.9. The van der Waals surface area contributed by atoms with Gasteiger partial charge in [-0.15, -0.1) is 0 Å². The van der Waals surface area contributed by atoms with Crippen LogP contribution in [0, 0.1) is 60.2 Å². The Balaban J connectivity index is 1.23. The molecule has 0 saturated carbocycles. The number of fused-ring (bicyclic) bond motifs is 1. The Bertz CT molecular complexity index is 2650. The molecule has 4 heteroatoms. The van der Waals surface area contributed by atoms with Gasteiger partial charge in [-0.05, 0) is 134 Å². The molecule has 54 heavy (non-hydrogen) atoms. The fraction of sp³-hybridized carbons (Fsp3) is 0.0400. The second kappa shape index (κ2) is 14.5. The molecular formula is C50H32N4. The van der Waals surface area contributed by atoms with Gasteiger partial charge in [0.25, 0.3) is 0 Å². The van der Waals surface area contributed by atoms with Crippen molar-refractivity contribution in [3.63, 3.8) is 0 Å². The van der Waals surface area contributed by atoms with Crippen LogP contribution in [0.15, 0.2) is 158 Å². The third kappa shape index (κ3) is 6.81. The molecule has 2 heterocycles. The summed E-state index contributed by atoms with van der Waals surface area (Å²) in [4.78, 5) is 0. The Morgan fingerprint density at radius 3 is 0.926 bits per heavy atom. The zero-order valence-corrected chi connectivity index (χ0v) is 29.8. The average Bonchev–Trinajstić information content (AvgIpc) is 3.77. The third-order valence-electron chi connectivity index (χ3n) is 9.45. The number of rotatable bonds is 4. The Hall–Kier alpha value is -7.76. The summed E-state index contributed by atoms with van der Waals surface area (Å²) >= 11 is 0. The van der Waals surface area contributed by atoms with Crippen LogP contribution >= 0.6 is 0 Å². The van der Waals surface area contributed by atoms with Crippen molar-refractivity contribution in [1.82, 2.24) is 9.13 Å². The van der Waals surface area contributed by atoms with Crippen LogP contribution in [0.4, 0.5) is 0 Å². The fourth-order valence-corrected chi connectivity index (χ4v) is 6.52. The number of hydrogen-bond acceptors (Lipinski definition) is 2. The van der Waals surface area contributed by atoms with Gasteiger partial charge in [-0.1, -0.05) is 83.3 Å². The Labute approximate surface area is 315 Å². The van der Waals surface area contributed by atoms with E-state index in [0.29, 0.717) is 11.1 Å². The van der Waals surface area contributed by atoms with Gasteiger partial charge in [0.15, 0.2) is 0 Å². The molecule has 8 aromatic rings. The molecule has 0 spiro atoms. The summed E-state index contributed by atoms with van der Waals surface area (Å²) < 4.78 is 4.69. The molecular weight excluding hydrogens is 657 g/mol. The van der Waals surface area contributed by atoms with E-state index in [1.54, 1.807) is 24.3 Å². The summed E-state index contributed by atoms with van der Waals surface area (Å²) in [5, 5.41) is 18.2. The van der Waals surface area contributed by atoms with E-state index in [1.165, 1.54) is 11.1 Å². The number of aromatic nitrogens is 2. The first kappa shape index (κ1) is 33.4. The van der Waals surface area contributed by atoms with E-state index in [1.807, 2.05) is 24.3 Å². The number of nitrogens with zero attached hydrogens (tertiary/aromatic N) is 4. The normalized spacial score (nSPS) is 10.4. The minimum atomic E-state index is 0.622. The van der Waals surface area contributed by atoms with Gasteiger partial charge < -0.3 is 9.13 Å². The van der Waals surface area contributed by atoms with E-state index < -0.39 is 0 Å². The number of aryl methyl sites for hydroxylation is 2. The van der Waals surface area contributed by atoms with E-state index in [0.717, 1.165) is 67.2 Å². The SMILES string of the molecule is Cc1ccc(-n2c(-c3ccc(C#Cc4ccc(C#N)cc4)cc3)cc3c2cc(-c2ccc(C#Cc4ccc(C#N)cc4)cc2)n3-c2ccc(C)cc2)cc1. The lowest BCUT2D eigenvalue weighted by Crippen LogP contribution is -1.97. The molecule has 0 saturated heterocycles. The maximum atomic E-state index is 9.11. The van der Waals surface area contributed by atoms with Crippen LogP contribution in [-0.4, -0.2) is 9.13 Å². The maximum Gasteiger partial charge on any atom is 0.0991 e. The van der Waals surface area contributed by atoms with Crippen LogP contribution in [-0.2, 0) is 0 Å². The highest BCUT2D eigenvalue weighted by Crippen LogP contribution is 2.38. The standard InChI is InChI=1S/C50H32N4/c1-35-3-27-45(28-4-35)53-47(43-23-19-39(20-24-43)9-7-37-11-15-41(33-51)16-12-37)31-50-49(53)32-48(54(50)46-29-5-36(2)6-30-46)44-25-21-40(22-26-44)10-8-38-13-17-42(34-52)18-14-38/h3-6,11-32H,1-2H3. The minimum Gasteiger partial charge on any atom is -0.308 e. The van der Waals surface area contributed by atoms with Crippen molar-refractivity contribution >= 4 is 11.0 Å². The average molecular weight is 689 g/mol. The lowest BCUT2D eigenvalue weighted by atomic mass is 10.1. The smallest absolute Gasteiger partial charge is 0.0991 e. The van der Waals surface area contributed by atoms with Crippen molar-refractivity contribution < 1.29 is 0 Å². The first-order valence-electron chi connectivity index (χ1n) is 17.6. The molecule has 0 fully saturated rings. The van der Waals surface area contributed by atoms with E-state index in [4.69, 9.17) is 10.5 Å². The van der Waals surface area contributed by atoms with Crippen molar-refractivity contribution in [2.75, 3.05) is 0 Å². The maximum absolute atomic E-state index is 9.11. The molecule has 0 aliphatic carbocycles. The predicted octanol–water partition coefficient (Wildman–Crippen LogP) is 10.9. The number of benzene rings is 6. The van der Waals surface area contributed by atoms with E-state index >= 15 is 0 Å². The van der Waals surface area contributed by atoms with Crippen molar-refractivity contribution in [3.8, 4) is 69.7 Å². The molecule has 0 radical (unpaired) electrons. The van der Waals surface area contributed by atoms with Crippen LogP contribution in [0.25, 0.3) is 44.9 Å². The molecule has 6 aromatic carbocycles. The summed E-state index contributed by atoms with van der Waals surface area (Å²) in [7, 11) is 0. The van der Waals surface area contributed by atoms with Crippen molar-refractivity contribution in [3.05, 3.63) is 202 Å². The molecule has 8 rings (SSSR count). The van der Waals surface area contributed by atoms with Gasteiger partial charge in [0, 0.05) is 33.6 Å². The summed E-state index contributed by atoms with van der Waals surface area (Å²) in [5.74, 6) is 13.0. The van der Waals surface area contributed by atoms with Crippen LogP contribution in [0.1, 0.15) is 44.5 Å². The topological polar surface area (TPSA) is 57.4 Å². The highest BCUT2D eigenvalue weighted by Gasteiger charge is 2.21. The molecule has 252 valence electrons. The largest absolute Gasteiger partial charge is 0.308 e. The molecule has 0 aliphatic heterocycles. The van der Waals surface area contributed by atoms with Crippen LogP contribution in [0.3, 0.4) is 0 Å². The second-order valence-corrected chi connectivity index (χ2v) is 13.2. The van der Waals surface area contributed by atoms with Gasteiger partial charge in [-0.2, -0.15) is 10.5 Å². The Kier molecular flexibility index (Phi) is 8.94. The molecule has 0 bridgehead atoms. The molecule has 0 atom stereocenters. The van der Waals surface area contributed by atoms with Gasteiger partial charge in [0.2, 0.25) is 0 Å². The predicted molar refractivity (Wildman–Crippen MR) is 217 cm³/mol. The van der Waals surface area contributed by atoms with Crippen LogP contribution < -0.4 is 0 Å². The molecule has 0 aliphatic rings. The monoisotopic (exact) mass is 688 g/mol. The van der Waals surface area contributed by atoms with Crippen molar-refractivity contribution in [2.24, 2.45) is 0 Å². The van der Waals surface area contributed by atoms with Crippen molar-refractivity contribution in [2.45, 2.75) is 13.8 Å². The van der Waals surface area contributed by atoms with Gasteiger partial charge in [0.05, 0.1) is 45.7 Å². The van der Waals surface area contributed by atoms with E-state index in [9.17, 15) is 0 Å². The van der Waals surface area contributed by atoms with Crippen molar-refractivity contribution in [1.29, 1.82) is 10.5 Å². The quantitative estimate of drug-likeness (QED) is 0.173. The zero-order valence-electron chi connectivity index (χ0n) is 29.8. The van der Waals surface area contributed by atoms with Gasteiger partial charge >= 0.3 is 0 Å². The summed E-state index contributed by atoms with van der Waals surface area (Å²) in [6.07, 6.45) is 0. The highest BCUT2D eigenvalue weighted by atomic mass is 15.1. The van der Waals surface area contributed by atoms with E-state index in [-0.39, 0.29) is 0 Å². The Morgan fingerprint density at radius 1 is 0.352 bits per heavy atom. The van der Waals surface area contributed by atoms with Gasteiger partial charge in [-0.25, -0.2) is 0 Å². The molecule has 0 N–H and O–H groups in total. The van der Waals surface area contributed by atoms with Gasteiger partial charge in [0.1, 0.15) is 0 Å². The van der Waals surface area contributed by atoms with Crippen LogP contribution in [0.5, 0.6) is 0 Å². The Morgan fingerprint density at radius 2 is 0.630 bits per heavy atom. The zero-order chi connectivity index (χ0) is 37.0. The fourth-order valence-electron chi connectivity index (χ4n) is 6.52. The molecule has 0 unspecified atom stereocenters. The van der Waals surface area contributed by atoms with Crippen LogP contribution in [0.2, 0.25) is 0 Å². The molecule has 4 nitrogen and oxygen atoms in total. The lowest BCUT2D eigenvalue weighted by molar-refractivity contribution is 1.13. The second-order valence-electron chi connectivity index (χ2n) is 13.2. The highest BCUT2D eigenvalue weighted by molar-refractivity contribution is 5.93. The summed E-state index contributed by atoms with van der Waals surface area (Å²) in [6, 6.07) is 57.7. The number of nitriles is 2. The summed E-state index contributed by atoms with van der Waals surface area (Å²) in [6.45, 7) is 4.22. The first-order valence-corrected chi connectivity index (χ1v) is 17.6. The first-order chi connectivity index (χ1) is 26.4. The molecule has 0 amide bonds. The lowest BCUT2D eigenvalue weighted by Gasteiger charge is -2.12.